The summed E-state index contributed by atoms with van der Waals surface area (Å²) in [7, 11) is 1.57. The van der Waals surface area contributed by atoms with Crippen LogP contribution in [0.4, 0.5) is 4.39 Å². The van der Waals surface area contributed by atoms with Gasteiger partial charge in [-0.25, -0.2) is 4.39 Å². The smallest absolute Gasteiger partial charge is 0.315 e. The van der Waals surface area contributed by atoms with Gasteiger partial charge in [-0.1, -0.05) is 24.3 Å². The minimum absolute atomic E-state index is 0.0938. The van der Waals surface area contributed by atoms with E-state index >= 15 is 0 Å². The average molecular weight is 404 g/mol. The molecule has 0 N–H and O–H groups in total. The lowest BCUT2D eigenvalue weighted by Gasteiger charge is -2.06. The lowest BCUT2D eigenvalue weighted by Crippen LogP contribution is -2.11. The molecule has 0 spiro atoms. The number of fused-ring (bicyclic) bond motifs is 1. The third-order valence-corrected chi connectivity index (χ3v) is 4.55. The fraction of sp³-hybridized carbons (Fsp3) is 0.0833. The molecule has 0 saturated carbocycles. The first-order chi connectivity index (χ1) is 14.5. The number of benzene rings is 3. The molecule has 0 atom stereocenters. The summed E-state index contributed by atoms with van der Waals surface area (Å²) in [5.41, 5.74) is 1.80. The van der Waals surface area contributed by atoms with Crippen LogP contribution in [0.25, 0.3) is 6.08 Å². The van der Waals surface area contributed by atoms with Crippen LogP contribution in [-0.4, -0.2) is 18.9 Å². The molecule has 4 rings (SSSR count). The maximum absolute atomic E-state index is 13.0. The monoisotopic (exact) mass is 404 g/mol. The van der Waals surface area contributed by atoms with Gasteiger partial charge in [-0.15, -0.1) is 0 Å². The number of hydrogen-bond donors (Lipinski definition) is 0. The lowest BCUT2D eigenvalue weighted by atomic mass is 10.1. The number of methoxy groups -OCH3 is 1. The Morgan fingerprint density at radius 2 is 1.70 bits per heavy atom. The molecule has 0 amide bonds. The van der Waals surface area contributed by atoms with Crippen molar-refractivity contribution in [3.63, 3.8) is 0 Å². The predicted octanol–water partition coefficient (Wildman–Crippen LogP) is 4.60. The maximum Gasteiger partial charge on any atom is 0.315 e. The van der Waals surface area contributed by atoms with E-state index in [-0.39, 0.29) is 29.5 Å². The molecule has 6 heteroatoms. The highest BCUT2D eigenvalue weighted by atomic mass is 19.1. The number of ketones is 1. The zero-order valence-corrected chi connectivity index (χ0v) is 16.1. The van der Waals surface area contributed by atoms with Gasteiger partial charge < -0.3 is 14.2 Å². The fourth-order valence-corrected chi connectivity index (χ4v) is 3.02. The Labute approximate surface area is 172 Å². The normalized spacial score (nSPS) is 13.7. The number of hydrogen-bond acceptors (Lipinski definition) is 5. The molecule has 3 aromatic carbocycles. The molecule has 0 saturated heterocycles. The number of carbonyl (C=O) groups excluding carboxylic acids is 2. The summed E-state index contributed by atoms with van der Waals surface area (Å²) in [6, 6.07) is 17.4. The minimum Gasteiger partial charge on any atom is -0.497 e. The molecule has 0 unspecified atom stereocenters. The molecule has 0 aromatic heterocycles. The Balaban J connectivity index is 1.45. The van der Waals surface area contributed by atoms with Crippen molar-refractivity contribution in [3.8, 4) is 17.2 Å². The van der Waals surface area contributed by atoms with Crippen LogP contribution >= 0.6 is 0 Å². The van der Waals surface area contributed by atoms with Gasteiger partial charge in [0, 0.05) is 6.07 Å². The molecule has 0 aliphatic carbocycles. The van der Waals surface area contributed by atoms with Crippen LogP contribution in [0.3, 0.4) is 0 Å². The van der Waals surface area contributed by atoms with Crippen LogP contribution in [0.5, 0.6) is 17.2 Å². The highest BCUT2D eigenvalue weighted by Crippen LogP contribution is 2.35. The summed E-state index contributed by atoms with van der Waals surface area (Å²) < 4.78 is 29.2. The van der Waals surface area contributed by atoms with Crippen LogP contribution in [0.1, 0.15) is 21.5 Å². The molecule has 30 heavy (non-hydrogen) atoms. The summed E-state index contributed by atoms with van der Waals surface area (Å²) in [4.78, 5) is 24.7. The SMILES string of the molecule is COc1ccc(CC(=O)Oc2ccc3c(c2)O/C(=C\c2ccc(F)cc2)C3=O)cc1. The second-order valence-electron chi connectivity index (χ2n) is 6.65. The van der Waals surface area contributed by atoms with Crippen molar-refractivity contribution < 1.29 is 28.2 Å². The minimum atomic E-state index is -0.438. The van der Waals surface area contributed by atoms with Crippen LogP contribution < -0.4 is 14.2 Å². The van der Waals surface area contributed by atoms with Gasteiger partial charge in [0.05, 0.1) is 19.1 Å². The fourth-order valence-electron chi connectivity index (χ4n) is 3.02. The number of halogens is 1. The number of Topliss-reactive ketones (excluding diaryl/α,β-unsaturated/α-hetero) is 1. The summed E-state index contributed by atoms with van der Waals surface area (Å²) in [6.45, 7) is 0. The molecule has 150 valence electrons. The first-order valence-electron chi connectivity index (χ1n) is 9.19. The molecule has 0 fully saturated rings. The molecule has 0 radical (unpaired) electrons. The van der Waals surface area contributed by atoms with Crippen LogP contribution in [0, 0.1) is 5.82 Å². The first kappa shape index (κ1) is 19.4. The van der Waals surface area contributed by atoms with Crippen LogP contribution in [0.15, 0.2) is 72.5 Å². The van der Waals surface area contributed by atoms with Gasteiger partial charge in [-0.05, 0) is 53.6 Å². The van der Waals surface area contributed by atoms with Gasteiger partial charge in [0.25, 0.3) is 0 Å². The Bertz CT molecular complexity index is 1130. The number of allylic oxidation sites excluding steroid dienone is 1. The third kappa shape index (κ3) is 4.22. The number of esters is 1. The van der Waals surface area contributed by atoms with Crippen molar-refractivity contribution in [3.05, 3.63) is 95.0 Å². The van der Waals surface area contributed by atoms with Crippen molar-refractivity contribution in [1.29, 1.82) is 0 Å². The Morgan fingerprint density at radius 3 is 2.40 bits per heavy atom. The molecule has 5 nitrogen and oxygen atoms in total. The molecule has 1 heterocycles. The second kappa shape index (κ2) is 8.21. The number of rotatable bonds is 5. The zero-order chi connectivity index (χ0) is 21.1. The molecule has 1 aliphatic rings. The standard InChI is InChI=1S/C24H17FO5/c1-28-18-8-4-16(5-9-18)13-23(26)29-19-10-11-20-21(14-19)30-22(24(20)27)12-15-2-6-17(25)7-3-15/h2-12,14H,13H2,1H3/b22-12-. The van der Waals surface area contributed by atoms with E-state index in [1.165, 1.54) is 24.3 Å². The molecule has 0 bridgehead atoms. The summed E-state index contributed by atoms with van der Waals surface area (Å²) in [5.74, 6) is 0.332. The van der Waals surface area contributed by atoms with Gasteiger partial charge >= 0.3 is 5.97 Å². The summed E-state index contributed by atoms with van der Waals surface area (Å²) in [5, 5.41) is 0. The Hall–Kier alpha value is -3.93. The average Bonchev–Trinajstić information content (AvgIpc) is 3.05. The van der Waals surface area contributed by atoms with E-state index in [1.54, 1.807) is 55.6 Å². The van der Waals surface area contributed by atoms with Gasteiger partial charge in [0.15, 0.2) is 5.76 Å². The number of carbonyl (C=O) groups is 2. The molecular weight excluding hydrogens is 387 g/mol. The van der Waals surface area contributed by atoms with Crippen molar-refractivity contribution in [2.75, 3.05) is 7.11 Å². The van der Waals surface area contributed by atoms with Crippen molar-refractivity contribution in [2.24, 2.45) is 0 Å². The van der Waals surface area contributed by atoms with Gasteiger partial charge in [0.2, 0.25) is 5.78 Å². The summed E-state index contributed by atoms with van der Waals surface area (Å²) in [6.07, 6.45) is 1.63. The van der Waals surface area contributed by atoms with Crippen LogP contribution in [-0.2, 0) is 11.2 Å². The topological polar surface area (TPSA) is 61.8 Å². The van der Waals surface area contributed by atoms with Crippen molar-refractivity contribution >= 4 is 17.8 Å². The van der Waals surface area contributed by atoms with Gasteiger partial charge in [-0.2, -0.15) is 0 Å². The molecule has 3 aromatic rings. The summed E-state index contributed by atoms with van der Waals surface area (Å²) >= 11 is 0. The van der Waals surface area contributed by atoms with E-state index in [4.69, 9.17) is 14.2 Å². The van der Waals surface area contributed by atoms with Gasteiger partial charge in [-0.3, -0.25) is 9.59 Å². The third-order valence-electron chi connectivity index (χ3n) is 4.55. The van der Waals surface area contributed by atoms with Crippen molar-refractivity contribution in [2.45, 2.75) is 6.42 Å². The molecular formula is C24H17FO5. The van der Waals surface area contributed by atoms with E-state index in [9.17, 15) is 14.0 Å². The first-order valence-corrected chi connectivity index (χ1v) is 9.19. The van der Waals surface area contributed by atoms with E-state index in [2.05, 4.69) is 0 Å². The lowest BCUT2D eigenvalue weighted by molar-refractivity contribution is -0.133. The van der Waals surface area contributed by atoms with Crippen molar-refractivity contribution in [1.82, 2.24) is 0 Å². The van der Waals surface area contributed by atoms with E-state index < -0.39 is 5.97 Å². The highest BCUT2D eigenvalue weighted by Gasteiger charge is 2.28. The van der Waals surface area contributed by atoms with E-state index in [1.807, 2.05) is 0 Å². The Morgan fingerprint density at radius 1 is 1.00 bits per heavy atom. The maximum atomic E-state index is 13.0. The quantitative estimate of drug-likeness (QED) is 0.353. The van der Waals surface area contributed by atoms with E-state index in [0.717, 1.165) is 5.56 Å². The van der Waals surface area contributed by atoms with Gasteiger partial charge in [0.1, 0.15) is 23.1 Å². The van der Waals surface area contributed by atoms with E-state index in [0.29, 0.717) is 22.6 Å². The molecule has 1 aliphatic heterocycles. The highest BCUT2D eigenvalue weighted by molar-refractivity contribution is 6.14. The number of ether oxygens (including phenoxy) is 3. The zero-order valence-electron chi connectivity index (χ0n) is 16.1. The second-order valence-corrected chi connectivity index (χ2v) is 6.65. The van der Waals surface area contributed by atoms with Crippen LogP contribution in [0.2, 0.25) is 0 Å². The largest absolute Gasteiger partial charge is 0.497 e. The predicted molar refractivity (Wildman–Crippen MR) is 108 cm³/mol. The Kier molecular flexibility index (Phi) is 5.30.